The first-order valence-corrected chi connectivity index (χ1v) is 9.91. The Morgan fingerprint density at radius 1 is 1.12 bits per heavy atom. The summed E-state index contributed by atoms with van der Waals surface area (Å²) in [4.78, 5) is 16.0. The number of rotatable bonds is 4. The molecule has 3 rings (SSSR count). The van der Waals surface area contributed by atoms with Crippen LogP contribution >= 0.6 is 11.8 Å². The van der Waals surface area contributed by atoms with Gasteiger partial charge in [0.25, 0.3) is 5.91 Å². The summed E-state index contributed by atoms with van der Waals surface area (Å²) in [7, 11) is 0. The van der Waals surface area contributed by atoms with Crippen LogP contribution in [0, 0.1) is 13.8 Å². The highest BCUT2D eigenvalue weighted by molar-refractivity contribution is 7.98. The van der Waals surface area contributed by atoms with Crippen molar-refractivity contribution in [1.82, 2.24) is 10.2 Å². The van der Waals surface area contributed by atoms with Crippen molar-refractivity contribution in [2.24, 2.45) is 0 Å². The number of amides is 1. The fourth-order valence-electron chi connectivity index (χ4n) is 3.15. The number of hydrogen-bond donors (Lipinski definition) is 1. The summed E-state index contributed by atoms with van der Waals surface area (Å²) in [6.07, 6.45) is 1.02. The van der Waals surface area contributed by atoms with Crippen LogP contribution in [0.5, 0.6) is 0 Å². The summed E-state index contributed by atoms with van der Waals surface area (Å²) in [5.74, 6) is 1.04. The molecule has 1 N–H and O–H groups in total. The van der Waals surface area contributed by atoms with Gasteiger partial charge >= 0.3 is 0 Å². The van der Waals surface area contributed by atoms with Crippen LogP contribution in [0.1, 0.15) is 33.5 Å². The lowest BCUT2D eigenvalue weighted by Gasteiger charge is -2.20. The molecule has 25 heavy (non-hydrogen) atoms. The second kappa shape index (κ2) is 8.54. The Morgan fingerprint density at radius 3 is 2.84 bits per heavy atom. The Bertz CT molecular complexity index is 736. The summed E-state index contributed by atoms with van der Waals surface area (Å²) >= 11 is 1.83. The molecule has 1 aliphatic rings. The molecule has 1 heterocycles. The molecule has 1 amide bonds. The lowest BCUT2D eigenvalue weighted by Crippen LogP contribution is -2.34. The molecule has 1 aliphatic heterocycles. The predicted octanol–water partition coefficient (Wildman–Crippen LogP) is 4.03. The summed E-state index contributed by atoms with van der Waals surface area (Å²) in [6.45, 7) is 7.79. The normalized spacial score (nSPS) is 15.0. The van der Waals surface area contributed by atoms with Crippen LogP contribution in [-0.2, 0) is 5.75 Å². The van der Waals surface area contributed by atoms with Crippen molar-refractivity contribution in [3.8, 4) is 0 Å². The average Bonchev–Trinajstić information content (AvgIpc) is 2.90. The van der Waals surface area contributed by atoms with Gasteiger partial charge in [-0.2, -0.15) is 0 Å². The van der Waals surface area contributed by atoms with Gasteiger partial charge in [-0.25, -0.2) is 0 Å². The molecule has 2 aromatic rings. The van der Waals surface area contributed by atoms with Crippen molar-refractivity contribution in [3.05, 3.63) is 64.7 Å². The molecule has 132 valence electrons. The van der Waals surface area contributed by atoms with Crippen molar-refractivity contribution in [2.45, 2.75) is 30.9 Å². The van der Waals surface area contributed by atoms with E-state index in [9.17, 15) is 4.79 Å². The monoisotopic (exact) mass is 354 g/mol. The second-order valence-electron chi connectivity index (χ2n) is 6.65. The van der Waals surface area contributed by atoms with Crippen LogP contribution in [0.4, 0.5) is 0 Å². The standard InChI is InChI=1S/C21H26N2OS/c1-16-7-8-20(17(2)13-16)25-15-18-5-3-6-19(14-18)21(24)23-11-4-9-22-10-12-23/h3,5-8,13-14,22H,4,9-12,15H2,1-2H3. The van der Waals surface area contributed by atoms with Gasteiger partial charge in [0.1, 0.15) is 0 Å². The Hall–Kier alpha value is -1.78. The number of aryl methyl sites for hydroxylation is 2. The van der Waals surface area contributed by atoms with E-state index in [0.717, 1.165) is 43.9 Å². The lowest BCUT2D eigenvalue weighted by molar-refractivity contribution is 0.0766. The minimum atomic E-state index is 0.155. The minimum Gasteiger partial charge on any atom is -0.337 e. The molecule has 0 bridgehead atoms. The number of benzene rings is 2. The van der Waals surface area contributed by atoms with E-state index < -0.39 is 0 Å². The first kappa shape index (κ1) is 18.0. The highest BCUT2D eigenvalue weighted by Gasteiger charge is 2.17. The minimum absolute atomic E-state index is 0.155. The highest BCUT2D eigenvalue weighted by atomic mass is 32.2. The Morgan fingerprint density at radius 2 is 2.00 bits per heavy atom. The predicted molar refractivity (Wildman–Crippen MR) is 105 cm³/mol. The topological polar surface area (TPSA) is 32.3 Å². The highest BCUT2D eigenvalue weighted by Crippen LogP contribution is 2.27. The SMILES string of the molecule is Cc1ccc(SCc2cccc(C(=O)N3CCCNCC3)c2)c(C)c1. The fraction of sp³-hybridized carbons (Fsp3) is 0.381. The number of nitrogens with zero attached hydrogens (tertiary/aromatic N) is 1. The Balaban J connectivity index is 1.67. The van der Waals surface area contributed by atoms with Crippen LogP contribution in [0.15, 0.2) is 47.4 Å². The van der Waals surface area contributed by atoms with E-state index in [1.165, 1.54) is 21.6 Å². The zero-order valence-corrected chi connectivity index (χ0v) is 15.9. The van der Waals surface area contributed by atoms with Gasteiger partial charge in [0.2, 0.25) is 0 Å². The molecule has 0 aliphatic carbocycles. The van der Waals surface area contributed by atoms with Gasteiger partial charge in [0, 0.05) is 35.8 Å². The maximum Gasteiger partial charge on any atom is 0.253 e. The lowest BCUT2D eigenvalue weighted by atomic mass is 10.1. The molecule has 2 aromatic carbocycles. The molecule has 0 spiro atoms. The number of carbonyl (C=O) groups is 1. The van der Waals surface area contributed by atoms with E-state index in [4.69, 9.17) is 0 Å². The van der Waals surface area contributed by atoms with Crippen LogP contribution < -0.4 is 5.32 Å². The third-order valence-electron chi connectivity index (χ3n) is 4.53. The second-order valence-corrected chi connectivity index (χ2v) is 7.67. The molecule has 0 saturated carbocycles. The fourth-order valence-corrected chi connectivity index (χ4v) is 4.10. The number of thioether (sulfide) groups is 1. The number of carbonyl (C=O) groups excluding carboxylic acids is 1. The largest absolute Gasteiger partial charge is 0.337 e. The zero-order valence-electron chi connectivity index (χ0n) is 15.0. The van der Waals surface area contributed by atoms with E-state index in [1.54, 1.807) is 0 Å². The Labute approximate surface area is 154 Å². The van der Waals surface area contributed by atoms with Crippen LogP contribution in [0.25, 0.3) is 0 Å². The first-order valence-electron chi connectivity index (χ1n) is 8.92. The molecule has 1 fully saturated rings. The van der Waals surface area contributed by atoms with Gasteiger partial charge in [-0.15, -0.1) is 11.8 Å². The molecule has 0 atom stereocenters. The third-order valence-corrected chi connectivity index (χ3v) is 5.77. The first-order chi connectivity index (χ1) is 12.1. The zero-order chi connectivity index (χ0) is 17.6. The smallest absolute Gasteiger partial charge is 0.253 e. The van der Waals surface area contributed by atoms with Gasteiger partial charge in [-0.05, 0) is 56.1 Å². The van der Waals surface area contributed by atoms with E-state index >= 15 is 0 Å². The summed E-state index contributed by atoms with van der Waals surface area (Å²) in [5, 5.41) is 3.35. The van der Waals surface area contributed by atoms with E-state index in [-0.39, 0.29) is 5.91 Å². The number of hydrogen-bond acceptors (Lipinski definition) is 3. The molecule has 0 radical (unpaired) electrons. The Kier molecular flexibility index (Phi) is 6.16. The quantitative estimate of drug-likeness (QED) is 0.842. The molecule has 1 saturated heterocycles. The van der Waals surface area contributed by atoms with Crippen LogP contribution in [0.2, 0.25) is 0 Å². The summed E-state index contributed by atoms with van der Waals surface area (Å²) in [6, 6.07) is 14.7. The van der Waals surface area contributed by atoms with Crippen molar-refractivity contribution in [2.75, 3.05) is 26.2 Å². The molecule has 3 nitrogen and oxygen atoms in total. The van der Waals surface area contributed by atoms with Crippen molar-refractivity contribution < 1.29 is 4.79 Å². The van der Waals surface area contributed by atoms with Crippen molar-refractivity contribution in [1.29, 1.82) is 0 Å². The van der Waals surface area contributed by atoms with Crippen molar-refractivity contribution >= 4 is 17.7 Å². The molecule has 4 heteroatoms. The average molecular weight is 355 g/mol. The molecular weight excluding hydrogens is 328 g/mol. The third kappa shape index (κ3) is 4.86. The summed E-state index contributed by atoms with van der Waals surface area (Å²) < 4.78 is 0. The molecule has 0 aromatic heterocycles. The van der Waals surface area contributed by atoms with Gasteiger partial charge in [-0.1, -0.05) is 29.8 Å². The maximum atomic E-state index is 12.8. The van der Waals surface area contributed by atoms with Crippen molar-refractivity contribution in [3.63, 3.8) is 0 Å². The maximum absolute atomic E-state index is 12.8. The number of nitrogens with one attached hydrogen (secondary N) is 1. The van der Waals surface area contributed by atoms with Crippen LogP contribution in [0.3, 0.4) is 0 Å². The van der Waals surface area contributed by atoms with Gasteiger partial charge < -0.3 is 10.2 Å². The van der Waals surface area contributed by atoms with Gasteiger partial charge in [0.05, 0.1) is 0 Å². The molecule has 0 unspecified atom stereocenters. The van der Waals surface area contributed by atoms with Gasteiger partial charge in [-0.3, -0.25) is 4.79 Å². The van der Waals surface area contributed by atoms with Gasteiger partial charge in [0.15, 0.2) is 0 Å². The van der Waals surface area contributed by atoms with E-state index in [1.807, 2.05) is 28.8 Å². The summed E-state index contributed by atoms with van der Waals surface area (Å²) in [5.41, 5.74) is 4.61. The molecular formula is C21H26N2OS. The van der Waals surface area contributed by atoms with E-state index in [2.05, 4.69) is 49.5 Å². The van der Waals surface area contributed by atoms with E-state index in [0.29, 0.717) is 0 Å². The van der Waals surface area contributed by atoms with Crippen LogP contribution in [-0.4, -0.2) is 37.0 Å².